The summed E-state index contributed by atoms with van der Waals surface area (Å²) in [5.41, 5.74) is 0.412. The smallest absolute Gasteiger partial charge is 0.414 e. The van der Waals surface area contributed by atoms with E-state index in [0.717, 1.165) is 6.42 Å². The van der Waals surface area contributed by atoms with Crippen LogP contribution in [0.4, 0.5) is 0 Å². The minimum absolute atomic E-state index is 0.0898. The molecule has 1 fully saturated rings. The molecule has 0 bridgehead atoms. The topological polar surface area (TPSA) is 18.5 Å². The second-order valence-electron chi connectivity index (χ2n) is 6.08. The lowest BCUT2D eigenvalue weighted by Crippen LogP contribution is -2.47. The number of rotatable bonds is 3. The Bertz CT molecular complexity index is 230. The Hall–Kier alpha value is -0.0151. The first kappa shape index (κ1) is 14.0. The number of hydrogen-bond donors (Lipinski definition) is 0. The SMILES string of the molecule is COB(C)OC1C[C@H](C)C(C)(C)C(C)C1C. The van der Waals surface area contributed by atoms with Gasteiger partial charge in [0, 0.05) is 13.2 Å². The Morgan fingerprint density at radius 2 is 1.75 bits per heavy atom. The molecular formula is C13H27BO2. The van der Waals surface area contributed by atoms with E-state index in [2.05, 4.69) is 34.6 Å². The van der Waals surface area contributed by atoms with Crippen LogP contribution in [-0.4, -0.2) is 20.3 Å². The number of hydrogen-bond acceptors (Lipinski definition) is 2. The molecule has 1 saturated carbocycles. The molecule has 1 aliphatic rings. The first-order valence-electron chi connectivity index (χ1n) is 6.49. The van der Waals surface area contributed by atoms with Crippen LogP contribution in [0.1, 0.15) is 41.0 Å². The molecular weight excluding hydrogens is 199 g/mol. The fraction of sp³-hybridized carbons (Fsp3) is 1.00. The Labute approximate surface area is 101 Å². The van der Waals surface area contributed by atoms with Crippen molar-refractivity contribution in [3.8, 4) is 0 Å². The van der Waals surface area contributed by atoms with Crippen molar-refractivity contribution in [1.29, 1.82) is 0 Å². The molecule has 0 radical (unpaired) electrons. The summed E-state index contributed by atoms with van der Waals surface area (Å²) in [7, 11) is 1.61. The Morgan fingerprint density at radius 3 is 2.25 bits per heavy atom. The molecule has 0 N–H and O–H groups in total. The van der Waals surface area contributed by atoms with E-state index in [1.54, 1.807) is 7.11 Å². The molecule has 0 heterocycles. The molecule has 0 saturated heterocycles. The first-order valence-corrected chi connectivity index (χ1v) is 6.49. The maximum absolute atomic E-state index is 5.96. The van der Waals surface area contributed by atoms with Crippen LogP contribution in [0.3, 0.4) is 0 Å². The van der Waals surface area contributed by atoms with Crippen LogP contribution in [0.2, 0.25) is 6.82 Å². The van der Waals surface area contributed by atoms with Crippen molar-refractivity contribution in [2.75, 3.05) is 7.11 Å². The van der Waals surface area contributed by atoms with Crippen molar-refractivity contribution in [1.82, 2.24) is 0 Å². The molecule has 16 heavy (non-hydrogen) atoms. The zero-order valence-corrected chi connectivity index (χ0v) is 11.9. The van der Waals surface area contributed by atoms with E-state index in [-0.39, 0.29) is 7.12 Å². The van der Waals surface area contributed by atoms with Gasteiger partial charge in [-0.1, -0.05) is 34.6 Å². The van der Waals surface area contributed by atoms with Crippen LogP contribution in [-0.2, 0) is 9.31 Å². The van der Waals surface area contributed by atoms with E-state index >= 15 is 0 Å². The third-order valence-electron chi connectivity index (χ3n) is 5.10. The van der Waals surface area contributed by atoms with Crippen LogP contribution in [0.15, 0.2) is 0 Å². The summed E-state index contributed by atoms with van der Waals surface area (Å²) in [5.74, 6) is 1.99. The van der Waals surface area contributed by atoms with E-state index in [1.807, 2.05) is 6.82 Å². The normalized spacial score (nSPS) is 38.4. The Morgan fingerprint density at radius 1 is 1.19 bits per heavy atom. The first-order chi connectivity index (χ1) is 7.30. The molecule has 0 spiro atoms. The summed E-state index contributed by atoms with van der Waals surface area (Å²) in [6.45, 7) is 13.8. The van der Waals surface area contributed by atoms with Crippen molar-refractivity contribution in [2.45, 2.75) is 54.0 Å². The average Bonchev–Trinajstić information content (AvgIpc) is 2.23. The largest absolute Gasteiger partial charge is 0.453 e. The van der Waals surface area contributed by atoms with Gasteiger partial charge in [-0.25, -0.2) is 0 Å². The van der Waals surface area contributed by atoms with E-state index in [9.17, 15) is 0 Å². The van der Waals surface area contributed by atoms with Gasteiger partial charge < -0.3 is 9.31 Å². The summed E-state index contributed by atoms with van der Waals surface area (Å²) >= 11 is 0. The van der Waals surface area contributed by atoms with Gasteiger partial charge >= 0.3 is 7.12 Å². The second kappa shape index (κ2) is 5.09. The van der Waals surface area contributed by atoms with Gasteiger partial charge in [0.1, 0.15) is 0 Å². The predicted molar refractivity (Wildman–Crippen MR) is 69.4 cm³/mol. The van der Waals surface area contributed by atoms with Crippen LogP contribution >= 0.6 is 0 Å². The molecule has 0 aromatic carbocycles. The predicted octanol–water partition coefficient (Wildman–Crippen LogP) is 3.47. The van der Waals surface area contributed by atoms with Crippen LogP contribution in [0.25, 0.3) is 0 Å². The third-order valence-corrected chi connectivity index (χ3v) is 5.10. The zero-order valence-electron chi connectivity index (χ0n) is 11.9. The Kier molecular flexibility index (Phi) is 4.47. The lowest BCUT2D eigenvalue weighted by atomic mass is 9.58. The molecule has 3 unspecified atom stereocenters. The maximum Gasteiger partial charge on any atom is 0.453 e. The fourth-order valence-electron chi connectivity index (χ4n) is 2.80. The summed E-state index contributed by atoms with van der Waals surface area (Å²) < 4.78 is 11.2. The van der Waals surface area contributed by atoms with E-state index in [1.165, 1.54) is 0 Å². The summed E-state index contributed by atoms with van der Waals surface area (Å²) in [6.07, 6.45) is 1.49. The lowest BCUT2D eigenvalue weighted by Gasteiger charge is -2.49. The Balaban J connectivity index is 2.70. The average molecular weight is 226 g/mol. The highest BCUT2D eigenvalue weighted by molar-refractivity contribution is 6.42. The highest BCUT2D eigenvalue weighted by atomic mass is 16.6. The second-order valence-corrected chi connectivity index (χ2v) is 6.08. The van der Waals surface area contributed by atoms with Gasteiger partial charge in [-0.2, -0.15) is 0 Å². The van der Waals surface area contributed by atoms with Gasteiger partial charge in [-0.3, -0.25) is 0 Å². The van der Waals surface area contributed by atoms with E-state index < -0.39 is 0 Å². The van der Waals surface area contributed by atoms with Gasteiger partial charge in [-0.05, 0) is 36.4 Å². The molecule has 1 aliphatic carbocycles. The fourth-order valence-corrected chi connectivity index (χ4v) is 2.80. The molecule has 4 atom stereocenters. The zero-order chi connectivity index (χ0) is 12.5. The molecule has 0 aliphatic heterocycles. The third kappa shape index (κ3) is 2.62. The van der Waals surface area contributed by atoms with Crippen LogP contribution in [0.5, 0.6) is 0 Å². The van der Waals surface area contributed by atoms with Crippen LogP contribution < -0.4 is 0 Å². The molecule has 0 amide bonds. The summed E-state index contributed by atoms with van der Waals surface area (Å²) in [4.78, 5) is 0. The van der Waals surface area contributed by atoms with Crippen LogP contribution in [0, 0.1) is 23.2 Å². The molecule has 94 valence electrons. The lowest BCUT2D eigenvalue weighted by molar-refractivity contribution is -0.0492. The quantitative estimate of drug-likeness (QED) is 0.686. The van der Waals surface area contributed by atoms with Crippen molar-refractivity contribution in [2.24, 2.45) is 23.2 Å². The van der Waals surface area contributed by atoms with Crippen molar-refractivity contribution in [3.05, 3.63) is 0 Å². The van der Waals surface area contributed by atoms with Crippen molar-refractivity contribution >= 4 is 7.12 Å². The van der Waals surface area contributed by atoms with Gasteiger partial charge in [0.2, 0.25) is 0 Å². The molecule has 0 aromatic rings. The van der Waals surface area contributed by atoms with Gasteiger partial charge in [0.15, 0.2) is 0 Å². The minimum Gasteiger partial charge on any atom is -0.414 e. The molecule has 2 nitrogen and oxygen atoms in total. The van der Waals surface area contributed by atoms with Gasteiger partial charge in [0.25, 0.3) is 0 Å². The van der Waals surface area contributed by atoms with Gasteiger partial charge in [-0.15, -0.1) is 0 Å². The molecule has 0 aromatic heterocycles. The maximum atomic E-state index is 5.96. The highest BCUT2D eigenvalue weighted by Crippen LogP contribution is 2.48. The van der Waals surface area contributed by atoms with E-state index in [4.69, 9.17) is 9.31 Å². The molecule has 1 rings (SSSR count). The summed E-state index contributed by atoms with van der Waals surface area (Å²) in [5, 5.41) is 0. The minimum atomic E-state index is -0.0898. The summed E-state index contributed by atoms with van der Waals surface area (Å²) in [6, 6.07) is 0. The standard InChI is InChI=1S/C13H27BO2/c1-9-8-12(16-14(6)15-7)10(2)11(3)13(9,4)5/h9-12H,8H2,1-7H3/t9-,10?,11?,12?/m0/s1. The van der Waals surface area contributed by atoms with E-state index in [0.29, 0.717) is 29.3 Å². The van der Waals surface area contributed by atoms with Crippen molar-refractivity contribution < 1.29 is 9.31 Å². The molecule has 3 heteroatoms. The van der Waals surface area contributed by atoms with Crippen molar-refractivity contribution in [3.63, 3.8) is 0 Å². The highest BCUT2D eigenvalue weighted by Gasteiger charge is 2.44. The monoisotopic (exact) mass is 226 g/mol. The van der Waals surface area contributed by atoms with Gasteiger partial charge in [0.05, 0.1) is 0 Å².